The van der Waals surface area contributed by atoms with Crippen LogP contribution < -0.4 is 10.6 Å². The fourth-order valence-electron chi connectivity index (χ4n) is 3.02. The first-order valence-corrected chi connectivity index (χ1v) is 10.7. The Morgan fingerprint density at radius 1 is 1.21 bits per heavy atom. The average molecular weight is 571 g/mol. The lowest BCUT2D eigenvalue weighted by Gasteiger charge is -2.26. The SMILES string of the molecule is CCNC(=NCCCc1ccc(Br)cc1F)NCCCCN1CCOCC1.I. The zero-order valence-electron chi connectivity index (χ0n) is 16.7. The second-order valence-electron chi connectivity index (χ2n) is 6.69. The fraction of sp³-hybridized carbons (Fsp3) is 0.650. The summed E-state index contributed by atoms with van der Waals surface area (Å²) >= 11 is 3.29. The van der Waals surface area contributed by atoms with Crippen LogP contribution in [-0.4, -0.2) is 63.3 Å². The van der Waals surface area contributed by atoms with Crippen LogP contribution in [0.4, 0.5) is 4.39 Å². The van der Waals surface area contributed by atoms with Gasteiger partial charge in [-0.3, -0.25) is 9.89 Å². The van der Waals surface area contributed by atoms with E-state index in [1.165, 1.54) is 12.5 Å². The minimum absolute atomic E-state index is 0. The molecule has 1 aromatic rings. The van der Waals surface area contributed by atoms with Crippen molar-refractivity contribution < 1.29 is 9.13 Å². The number of nitrogens with one attached hydrogen (secondary N) is 2. The second kappa shape index (κ2) is 15.4. The van der Waals surface area contributed by atoms with E-state index in [0.717, 1.165) is 74.8 Å². The molecule has 2 rings (SSSR count). The Morgan fingerprint density at radius 2 is 2.00 bits per heavy atom. The molecule has 28 heavy (non-hydrogen) atoms. The molecule has 1 aliphatic rings. The predicted molar refractivity (Wildman–Crippen MR) is 128 cm³/mol. The lowest BCUT2D eigenvalue weighted by molar-refractivity contribution is 0.0372. The molecule has 1 aromatic carbocycles. The van der Waals surface area contributed by atoms with Crippen LogP contribution in [-0.2, 0) is 11.2 Å². The predicted octanol–water partition coefficient (Wildman–Crippen LogP) is 3.81. The molecule has 0 aliphatic carbocycles. The number of hydrogen-bond donors (Lipinski definition) is 2. The van der Waals surface area contributed by atoms with Crippen LogP contribution in [0.25, 0.3) is 0 Å². The van der Waals surface area contributed by atoms with Gasteiger partial charge in [-0.1, -0.05) is 22.0 Å². The number of unbranched alkanes of at least 4 members (excludes halogenated alkanes) is 1. The minimum atomic E-state index is -0.154. The number of nitrogens with zero attached hydrogens (tertiary/aromatic N) is 2. The van der Waals surface area contributed by atoms with Crippen LogP contribution >= 0.6 is 39.9 Å². The molecule has 5 nitrogen and oxygen atoms in total. The van der Waals surface area contributed by atoms with Gasteiger partial charge in [-0.15, -0.1) is 24.0 Å². The Kier molecular flexibility index (Phi) is 14.1. The Balaban J connectivity index is 0.00000392. The Labute approximate surface area is 194 Å². The molecule has 160 valence electrons. The standard InChI is InChI=1S/C20H32BrFN4O.HI/c1-2-23-20(24-9-3-4-11-26-12-14-27-15-13-26)25-10-5-6-17-7-8-18(21)16-19(17)22;/h7-8,16H,2-6,9-15H2,1H3,(H2,23,24,25);1H. The molecular formula is C20H33BrFIN4O. The van der Waals surface area contributed by atoms with E-state index in [2.05, 4.69) is 43.4 Å². The summed E-state index contributed by atoms with van der Waals surface area (Å²) in [4.78, 5) is 7.06. The maximum Gasteiger partial charge on any atom is 0.191 e. The van der Waals surface area contributed by atoms with Gasteiger partial charge in [-0.25, -0.2) is 4.39 Å². The van der Waals surface area contributed by atoms with E-state index in [4.69, 9.17) is 4.74 Å². The maximum atomic E-state index is 13.8. The number of hydrogen-bond acceptors (Lipinski definition) is 3. The number of morpholine rings is 1. The number of rotatable bonds is 10. The smallest absolute Gasteiger partial charge is 0.191 e. The highest BCUT2D eigenvalue weighted by Crippen LogP contribution is 2.16. The molecule has 1 saturated heterocycles. The highest BCUT2D eigenvalue weighted by Gasteiger charge is 2.09. The van der Waals surface area contributed by atoms with Crippen LogP contribution in [0.15, 0.2) is 27.7 Å². The van der Waals surface area contributed by atoms with E-state index in [9.17, 15) is 4.39 Å². The van der Waals surface area contributed by atoms with Crippen LogP contribution in [0.2, 0.25) is 0 Å². The first-order chi connectivity index (χ1) is 13.2. The van der Waals surface area contributed by atoms with Gasteiger partial charge in [-0.05, 0) is 56.8 Å². The third-order valence-corrected chi connectivity index (χ3v) is 5.02. The summed E-state index contributed by atoms with van der Waals surface area (Å²) in [5, 5.41) is 6.66. The monoisotopic (exact) mass is 570 g/mol. The zero-order valence-corrected chi connectivity index (χ0v) is 20.6. The fourth-order valence-corrected chi connectivity index (χ4v) is 3.35. The summed E-state index contributed by atoms with van der Waals surface area (Å²) in [6, 6.07) is 5.23. The van der Waals surface area contributed by atoms with Gasteiger partial charge in [0, 0.05) is 37.2 Å². The first-order valence-electron chi connectivity index (χ1n) is 9.95. The lowest BCUT2D eigenvalue weighted by atomic mass is 10.1. The van der Waals surface area contributed by atoms with Crippen molar-refractivity contribution in [2.24, 2.45) is 4.99 Å². The molecule has 0 atom stereocenters. The first kappa shape index (κ1) is 25.6. The molecule has 0 amide bonds. The molecule has 1 fully saturated rings. The summed E-state index contributed by atoms with van der Waals surface area (Å²) in [7, 11) is 0. The van der Waals surface area contributed by atoms with E-state index < -0.39 is 0 Å². The third-order valence-electron chi connectivity index (χ3n) is 4.53. The molecule has 0 aromatic heterocycles. The summed E-state index contributed by atoms with van der Waals surface area (Å²) < 4.78 is 20.0. The van der Waals surface area contributed by atoms with E-state index in [1.54, 1.807) is 0 Å². The molecule has 0 saturated carbocycles. The molecule has 1 aliphatic heterocycles. The molecular weight excluding hydrogens is 538 g/mol. The van der Waals surface area contributed by atoms with Gasteiger partial charge in [-0.2, -0.15) is 0 Å². The largest absolute Gasteiger partial charge is 0.379 e. The van der Waals surface area contributed by atoms with E-state index >= 15 is 0 Å². The number of benzene rings is 1. The van der Waals surface area contributed by atoms with Gasteiger partial charge in [0.25, 0.3) is 0 Å². The Morgan fingerprint density at radius 3 is 2.71 bits per heavy atom. The molecule has 1 heterocycles. The molecule has 0 spiro atoms. The van der Waals surface area contributed by atoms with Crippen molar-refractivity contribution in [2.75, 3.05) is 52.5 Å². The normalized spacial score (nSPS) is 15.2. The van der Waals surface area contributed by atoms with Crippen molar-refractivity contribution in [3.05, 3.63) is 34.1 Å². The summed E-state index contributed by atoms with van der Waals surface area (Å²) in [6.07, 6.45) is 3.81. The van der Waals surface area contributed by atoms with Crippen molar-refractivity contribution in [3.8, 4) is 0 Å². The van der Waals surface area contributed by atoms with Crippen molar-refractivity contribution in [3.63, 3.8) is 0 Å². The quantitative estimate of drug-likeness (QED) is 0.194. The average Bonchev–Trinajstić information content (AvgIpc) is 2.67. The van der Waals surface area contributed by atoms with Gasteiger partial charge in [0.1, 0.15) is 5.82 Å². The van der Waals surface area contributed by atoms with Gasteiger partial charge < -0.3 is 15.4 Å². The molecule has 0 radical (unpaired) electrons. The summed E-state index contributed by atoms with van der Waals surface area (Å²) in [5.74, 6) is 0.693. The van der Waals surface area contributed by atoms with Crippen LogP contribution in [0.3, 0.4) is 0 Å². The number of halogens is 3. The highest BCUT2D eigenvalue weighted by molar-refractivity contribution is 14.0. The number of aliphatic imine (C=N–C) groups is 1. The topological polar surface area (TPSA) is 48.9 Å². The van der Waals surface area contributed by atoms with Crippen molar-refractivity contribution in [2.45, 2.75) is 32.6 Å². The Hall–Kier alpha value is -0.450. The van der Waals surface area contributed by atoms with Crippen LogP contribution in [0.5, 0.6) is 0 Å². The van der Waals surface area contributed by atoms with Crippen LogP contribution in [0, 0.1) is 5.82 Å². The summed E-state index contributed by atoms with van der Waals surface area (Å²) in [5.41, 5.74) is 0.745. The molecule has 0 bridgehead atoms. The lowest BCUT2D eigenvalue weighted by Crippen LogP contribution is -2.39. The van der Waals surface area contributed by atoms with Crippen molar-refractivity contribution in [1.82, 2.24) is 15.5 Å². The van der Waals surface area contributed by atoms with E-state index in [-0.39, 0.29) is 29.8 Å². The van der Waals surface area contributed by atoms with E-state index in [1.807, 2.05) is 12.1 Å². The zero-order chi connectivity index (χ0) is 19.3. The molecule has 2 N–H and O–H groups in total. The summed E-state index contributed by atoms with van der Waals surface area (Å²) in [6.45, 7) is 9.45. The molecule has 8 heteroatoms. The Bertz CT molecular complexity index is 585. The number of guanidine groups is 1. The van der Waals surface area contributed by atoms with Crippen molar-refractivity contribution >= 4 is 45.9 Å². The van der Waals surface area contributed by atoms with Gasteiger partial charge in [0.15, 0.2) is 5.96 Å². The van der Waals surface area contributed by atoms with Crippen molar-refractivity contribution in [1.29, 1.82) is 0 Å². The van der Waals surface area contributed by atoms with E-state index in [0.29, 0.717) is 13.0 Å². The van der Waals surface area contributed by atoms with Gasteiger partial charge in [0.2, 0.25) is 0 Å². The maximum absolute atomic E-state index is 13.8. The minimum Gasteiger partial charge on any atom is -0.379 e. The van der Waals surface area contributed by atoms with Gasteiger partial charge >= 0.3 is 0 Å². The second-order valence-corrected chi connectivity index (χ2v) is 7.60. The molecule has 0 unspecified atom stereocenters. The third kappa shape index (κ3) is 10.4. The number of ether oxygens (including phenoxy) is 1. The highest BCUT2D eigenvalue weighted by atomic mass is 127. The van der Waals surface area contributed by atoms with Gasteiger partial charge in [0.05, 0.1) is 13.2 Å². The van der Waals surface area contributed by atoms with Crippen LogP contribution in [0.1, 0.15) is 31.7 Å². The number of aryl methyl sites for hydroxylation is 1.